The molecule has 2 heterocycles. The van der Waals surface area contributed by atoms with E-state index < -0.39 is 5.60 Å². The van der Waals surface area contributed by atoms with Gasteiger partial charge in [0.05, 0.1) is 11.1 Å². The van der Waals surface area contributed by atoms with Gasteiger partial charge in [0.15, 0.2) is 0 Å². The highest BCUT2D eigenvalue weighted by atomic mass is 16.5. The van der Waals surface area contributed by atoms with E-state index in [0.29, 0.717) is 0 Å². The van der Waals surface area contributed by atoms with E-state index in [1.165, 1.54) is 10.8 Å². The van der Waals surface area contributed by atoms with Gasteiger partial charge in [0.1, 0.15) is 11.4 Å². The molecule has 4 rings (SSSR count). The largest absolute Gasteiger partial charge is 0.483 e. The number of ether oxygens (including phenoxy) is 1. The molecule has 0 amide bonds. The Labute approximate surface area is 154 Å². The van der Waals surface area contributed by atoms with E-state index in [-0.39, 0.29) is 5.60 Å². The summed E-state index contributed by atoms with van der Waals surface area (Å²) in [5.74, 6) is 0.970. The van der Waals surface area contributed by atoms with E-state index in [1.54, 1.807) is 0 Å². The zero-order valence-electron chi connectivity index (χ0n) is 16.0. The van der Waals surface area contributed by atoms with Gasteiger partial charge < -0.3 is 14.8 Å². The first-order valence-corrected chi connectivity index (χ1v) is 9.40. The van der Waals surface area contributed by atoms with E-state index >= 15 is 0 Å². The van der Waals surface area contributed by atoms with Crippen LogP contribution in [0.5, 0.6) is 5.75 Å². The van der Waals surface area contributed by atoms with Gasteiger partial charge in [-0.3, -0.25) is 0 Å². The molecule has 1 aliphatic heterocycles. The number of benzene rings is 2. The first kappa shape index (κ1) is 17.2. The second-order valence-corrected chi connectivity index (χ2v) is 8.44. The molecule has 3 heteroatoms. The SMILES string of the molecule is Cc1cc2c([nH]c3ccccc32)c2c1OC(C)(CCCC(C)(C)O)C=C2. The molecule has 1 aliphatic rings. The molecule has 1 aromatic heterocycles. The Morgan fingerprint density at radius 1 is 1.19 bits per heavy atom. The number of hydrogen-bond donors (Lipinski definition) is 2. The van der Waals surface area contributed by atoms with Crippen molar-refractivity contribution in [1.82, 2.24) is 4.98 Å². The molecule has 0 aliphatic carbocycles. The van der Waals surface area contributed by atoms with Crippen LogP contribution >= 0.6 is 0 Å². The second kappa shape index (κ2) is 5.88. The van der Waals surface area contributed by atoms with Crippen LogP contribution in [0.3, 0.4) is 0 Å². The maximum atomic E-state index is 9.96. The summed E-state index contributed by atoms with van der Waals surface area (Å²) in [7, 11) is 0. The number of nitrogens with one attached hydrogen (secondary N) is 1. The Hall–Kier alpha value is -2.26. The summed E-state index contributed by atoms with van der Waals surface area (Å²) in [5, 5.41) is 12.5. The predicted octanol–water partition coefficient (Wildman–Crippen LogP) is 5.74. The highest BCUT2D eigenvalue weighted by Gasteiger charge is 2.30. The summed E-state index contributed by atoms with van der Waals surface area (Å²) < 4.78 is 6.48. The lowest BCUT2D eigenvalue weighted by atomic mass is 9.90. The number of aromatic amines is 1. The molecule has 0 spiro atoms. The number of aromatic nitrogens is 1. The molecule has 26 heavy (non-hydrogen) atoms. The summed E-state index contributed by atoms with van der Waals surface area (Å²) in [6, 6.07) is 10.6. The first-order chi connectivity index (χ1) is 12.3. The molecule has 2 N–H and O–H groups in total. The third-order valence-corrected chi connectivity index (χ3v) is 5.38. The molecule has 3 aromatic rings. The summed E-state index contributed by atoms with van der Waals surface area (Å²) in [4.78, 5) is 3.56. The van der Waals surface area contributed by atoms with Gasteiger partial charge in [-0.2, -0.15) is 0 Å². The van der Waals surface area contributed by atoms with Crippen LogP contribution in [0.1, 0.15) is 51.2 Å². The van der Waals surface area contributed by atoms with Crippen molar-refractivity contribution in [2.24, 2.45) is 0 Å². The molecule has 1 atom stereocenters. The second-order valence-electron chi connectivity index (χ2n) is 8.44. The third-order valence-electron chi connectivity index (χ3n) is 5.38. The third kappa shape index (κ3) is 3.01. The van der Waals surface area contributed by atoms with Crippen molar-refractivity contribution in [3.8, 4) is 5.75 Å². The summed E-state index contributed by atoms with van der Waals surface area (Å²) >= 11 is 0. The van der Waals surface area contributed by atoms with E-state index in [1.807, 2.05) is 13.8 Å². The number of fused-ring (bicyclic) bond motifs is 5. The van der Waals surface area contributed by atoms with Crippen LogP contribution in [0.25, 0.3) is 27.9 Å². The van der Waals surface area contributed by atoms with Crippen molar-refractivity contribution in [2.45, 2.75) is 58.2 Å². The Bertz CT molecular complexity index is 1010. The smallest absolute Gasteiger partial charge is 0.132 e. The van der Waals surface area contributed by atoms with E-state index in [9.17, 15) is 5.11 Å². The average Bonchev–Trinajstić information content (AvgIpc) is 2.92. The van der Waals surface area contributed by atoms with Crippen molar-refractivity contribution in [3.63, 3.8) is 0 Å². The van der Waals surface area contributed by atoms with Crippen molar-refractivity contribution in [1.29, 1.82) is 0 Å². The fraction of sp³-hybridized carbons (Fsp3) is 0.391. The van der Waals surface area contributed by atoms with Crippen LogP contribution in [0.15, 0.2) is 36.4 Å². The molecule has 0 saturated heterocycles. The normalized spacial score (nSPS) is 19.7. The maximum Gasteiger partial charge on any atom is 0.132 e. The number of H-pyrrole nitrogens is 1. The van der Waals surface area contributed by atoms with E-state index in [4.69, 9.17) is 4.74 Å². The van der Waals surface area contributed by atoms with Crippen LogP contribution in [0, 0.1) is 6.92 Å². The van der Waals surface area contributed by atoms with Gasteiger partial charge in [-0.05, 0) is 76.8 Å². The molecular weight excluding hydrogens is 322 g/mol. The highest BCUT2D eigenvalue weighted by Crippen LogP contribution is 2.42. The topological polar surface area (TPSA) is 45.2 Å². The van der Waals surface area contributed by atoms with Gasteiger partial charge in [0.25, 0.3) is 0 Å². The van der Waals surface area contributed by atoms with Crippen LogP contribution in [-0.4, -0.2) is 21.3 Å². The zero-order chi connectivity index (χ0) is 18.5. The molecule has 0 fully saturated rings. The molecule has 136 valence electrons. The van der Waals surface area contributed by atoms with Crippen molar-refractivity contribution >= 4 is 27.9 Å². The molecule has 0 saturated carbocycles. The van der Waals surface area contributed by atoms with Gasteiger partial charge in [-0.15, -0.1) is 0 Å². The Balaban J connectivity index is 1.72. The van der Waals surface area contributed by atoms with Crippen LogP contribution in [0.2, 0.25) is 0 Å². The van der Waals surface area contributed by atoms with E-state index in [0.717, 1.165) is 47.2 Å². The molecule has 3 nitrogen and oxygen atoms in total. The van der Waals surface area contributed by atoms with Crippen LogP contribution in [0.4, 0.5) is 0 Å². The summed E-state index contributed by atoms with van der Waals surface area (Å²) in [6.07, 6.45) is 6.95. The maximum absolute atomic E-state index is 9.96. The standard InChI is InChI=1S/C23H27NO2/c1-15-14-18-16-8-5-6-9-19(16)24-20(18)17-10-13-23(4,26-21(15)17)12-7-11-22(2,3)25/h5-6,8-10,13-14,24-25H,7,11-12H2,1-4H3. The lowest BCUT2D eigenvalue weighted by molar-refractivity contribution is 0.0575. The molecule has 2 aromatic carbocycles. The van der Waals surface area contributed by atoms with Crippen molar-refractivity contribution < 1.29 is 9.84 Å². The molecule has 1 unspecified atom stereocenters. The number of para-hydroxylation sites is 1. The fourth-order valence-corrected chi connectivity index (χ4v) is 3.96. The van der Waals surface area contributed by atoms with Gasteiger partial charge in [0, 0.05) is 21.9 Å². The average molecular weight is 349 g/mol. The lowest BCUT2D eigenvalue weighted by Gasteiger charge is -2.33. The van der Waals surface area contributed by atoms with Gasteiger partial charge in [0.2, 0.25) is 0 Å². The van der Waals surface area contributed by atoms with Gasteiger partial charge in [-0.1, -0.05) is 18.2 Å². The zero-order valence-corrected chi connectivity index (χ0v) is 16.0. The molecule has 0 bridgehead atoms. The first-order valence-electron chi connectivity index (χ1n) is 9.40. The van der Waals surface area contributed by atoms with Crippen molar-refractivity contribution in [3.05, 3.63) is 47.5 Å². The Kier molecular flexibility index (Phi) is 3.89. The van der Waals surface area contributed by atoms with Crippen molar-refractivity contribution in [2.75, 3.05) is 0 Å². The fourth-order valence-electron chi connectivity index (χ4n) is 3.96. The summed E-state index contributed by atoms with van der Waals surface area (Å²) in [5.41, 5.74) is 3.64. The predicted molar refractivity (Wildman–Crippen MR) is 109 cm³/mol. The highest BCUT2D eigenvalue weighted by molar-refractivity contribution is 6.11. The number of hydrogen-bond acceptors (Lipinski definition) is 2. The van der Waals surface area contributed by atoms with Crippen LogP contribution in [-0.2, 0) is 0 Å². The Morgan fingerprint density at radius 2 is 1.96 bits per heavy atom. The minimum absolute atomic E-state index is 0.331. The summed E-state index contributed by atoms with van der Waals surface area (Å²) in [6.45, 7) is 7.97. The minimum Gasteiger partial charge on any atom is -0.483 e. The lowest BCUT2D eigenvalue weighted by Crippen LogP contribution is -2.33. The number of aliphatic hydroxyl groups is 1. The van der Waals surface area contributed by atoms with E-state index in [2.05, 4.69) is 61.3 Å². The molecular formula is C23H27NO2. The number of aryl methyl sites for hydroxylation is 1. The number of rotatable bonds is 4. The quantitative estimate of drug-likeness (QED) is 0.631. The minimum atomic E-state index is -0.626. The molecule has 0 radical (unpaired) electrons. The monoisotopic (exact) mass is 349 g/mol. The Morgan fingerprint density at radius 3 is 2.73 bits per heavy atom. The van der Waals surface area contributed by atoms with Gasteiger partial charge >= 0.3 is 0 Å². The van der Waals surface area contributed by atoms with Crippen LogP contribution < -0.4 is 4.74 Å². The van der Waals surface area contributed by atoms with Gasteiger partial charge in [-0.25, -0.2) is 0 Å².